The first-order valence-corrected chi connectivity index (χ1v) is 7.29. The van der Waals surface area contributed by atoms with Crippen molar-refractivity contribution >= 4 is 17.0 Å². The van der Waals surface area contributed by atoms with Crippen molar-refractivity contribution in [3.05, 3.63) is 24.0 Å². The van der Waals surface area contributed by atoms with E-state index in [1.807, 2.05) is 6.07 Å². The molecule has 0 aromatic carbocycles. The number of carbonyl (C=O) groups is 1. The molecule has 0 bridgehead atoms. The number of rotatable bonds is 6. The summed E-state index contributed by atoms with van der Waals surface area (Å²) in [5.41, 5.74) is 0.709. The Morgan fingerprint density at radius 3 is 2.91 bits per heavy atom. The summed E-state index contributed by atoms with van der Waals surface area (Å²) >= 11 is 0. The summed E-state index contributed by atoms with van der Waals surface area (Å²) in [6.45, 7) is 4.13. The van der Waals surface area contributed by atoms with Gasteiger partial charge >= 0.3 is 24.8 Å². The van der Waals surface area contributed by atoms with E-state index in [-0.39, 0.29) is 26.0 Å². The van der Waals surface area contributed by atoms with Gasteiger partial charge in [-0.1, -0.05) is 0 Å². The first kappa shape index (κ1) is 16.9. The van der Waals surface area contributed by atoms with Gasteiger partial charge in [0, 0.05) is 11.9 Å². The third kappa shape index (κ3) is 4.04. The van der Waals surface area contributed by atoms with Crippen molar-refractivity contribution in [1.82, 2.24) is 14.9 Å². The number of aromatic amines is 1. The molecule has 0 spiro atoms. The molecular formula is C15H20LiN3O3. The number of hydrogen-bond acceptors (Lipinski definition) is 4. The van der Waals surface area contributed by atoms with Crippen LogP contribution < -0.4 is 23.6 Å². The van der Waals surface area contributed by atoms with E-state index >= 15 is 0 Å². The van der Waals surface area contributed by atoms with Gasteiger partial charge in [-0.25, -0.2) is 9.78 Å². The first-order valence-electron chi connectivity index (χ1n) is 7.29. The molecule has 0 aliphatic carbocycles. The fourth-order valence-electron chi connectivity index (χ4n) is 2.67. The average Bonchev–Trinajstić information content (AvgIpc) is 3.12. The minimum absolute atomic E-state index is 0. The number of carboxylic acids is 1. The zero-order chi connectivity index (χ0) is 14.7. The third-order valence-electron chi connectivity index (χ3n) is 3.76. The molecule has 1 aliphatic heterocycles. The molecule has 6 nitrogen and oxygen atoms in total. The number of fused-ring (bicyclic) bond motifs is 1. The van der Waals surface area contributed by atoms with E-state index in [2.05, 4.69) is 14.9 Å². The molecule has 0 amide bonds. The minimum atomic E-state index is -0.985. The monoisotopic (exact) mass is 297 g/mol. The normalized spacial score (nSPS) is 14.9. The van der Waals surface area contributed by atoms with E-state index in [9.17, 15) is 4.79 Å². The van der Waals surface area contributed by atoms with Crippen LogP contribution in [0.15, 0.2) is 18.3 Å². The number of nitrogens with one attached hydrogen (secondary N) is 1. The number of nitrogens with zero attached hydrogens (tertiary/aromatic N) is 2. The van der Waals surface area contributed by atoms with E-state index in [1.165, 1.54) is 25.9 Å². The maximum absolute atomic E-state index is 10.9. The van der Waals surface area contributed by atoms with Crippen LogP contribution in [0.3, 0.4) is 0 Å². The van der Waals surface area contributed by atoms with Crippen molar-refractivity contribution in [3.8, 4) is 5.75 Å². The molecule has 2 aromatic heterocycles. The van der Waals surface area contributed by atoms with E-state index in [0.29, 0.717) is 18.0 Å². The predicted octanol–water partition coefficient (Wildman–Crippen LogP) is -0.758. The maximum atomic E-state index is 10.9. The fourth-order valence-corrected chi connectivity index (χ4v) is 2.67. The Morgan fingerprint density at radius 1 is 1.41 bits per heavy atom. The summed E-state index contributed by atoms with van der Waals surface area (Å²) in [4.78, 5) is 20.3. The molecular weight excluding hydrogens is 277 g/mol. The fraction of sp³-hybridized carbons (Fsp3) is 0.467. The quantitative estimate of drug-likeness (QED) is 0.541. The second-order valence-corrected chi connectivity index (χ2v) is 5.35. The molecule has 3 heterocycles. The zero-order valence-corrected chi connectivity index (χ0v) is 12.8. The molecule has 114 valence electrons. The van der Waals surface area contributed by atoms with Gasteiger partial charge < -0.3 is 21.2 Å². The van der Waals surface area contributed by atoms with Crippen molar-refractivity contribution in [3.63, 3.8) is 0 Å². The van der Waals surface area contributed by atoms with Gasteiger partial charge in [-0.2, -0.15) is 0 Å². The van der Waals surface area contributed by atoms with E-state index in [1.54, 1.807) is 12.3 Å². The van der Waals surface area contributed by atoms with Gasteiger partial charge in [0.05, 0.1) is 12.8 Å². The molecule has 0 saturated carbocycles. The van der Waals surface area contributed by atoms with E-state index in [0.717, 1.165) is 18.4 Å². The molecule has 0 atom stereocenters. The van der Waals surface area contributed by atoms with Gasteiger partial charge in [0.25, 0.3) is 0 Å². The molecule has 1 aliphatic rings. The Kier molecular flexibility index (Phi) is 5.89. The number of hydrogen-bond donors (Lipinski definition) is 2. The standard InChI is InChI=1S/C15H19N3O3.Li.H/c19-15(20)13-9-11-8-12(10-16-14(11)17-13)21-7-3-6-18-4-1-2-5-18;;/h8-10H,1-7H2,(H,16,17)(H,19,20);;/q;+1;-1. The summed E-state index contributed by atoms with van der Waals surface area (Å²) in [7, 11) is 0. The molecule has 1 saturated heterocycles. The molecule has 3 rings (SSSR count). The number of aromatic nitrogens is 2. The van der Waals surface area contributed by atoms with Crippen LogP contribution >= 0.6 is 0 Å². The SMILES string of the molecule is O=C(O)c1cc2cc(OCCCN3CCCC3)cnc2[nH]1.[H-].[Li+]. The summed E-state index contributed by atoms with van der Waals surface area (Å²) in [5, 5.41) is 9.69. The molecule has 2 N–H and O–H groups in total. The molecule has 0 unspecified atom stereocenters. The van der Waals surface area contributed by atoms with Crippen LogP contribution in [0.1, 0.15) is 31.2 Å². The molecule has 1 fully saturated rings. The summed E-state index contributed by atoms with van der Waals surface area (Å²) in [6.07, 6.45) is 5.23. The van der Waals surface area contributed by atoms with Crippen LogP contribution in [-0.4, -0.2) is 52.2 Å². The average molecular weight is 297 g/mol. The maximum Gasteiger partial charge on any atom is 1.00 e. The second kappa shape index (κ2) is 7.68. The molecule has 22 heavy (non-hydrogen) atoms. The van der Waals surface area contributed by atoms with Crippen molar-refractivity contribution < 1.29 is 34.9 Å². The van der Waals surface area contributed by atoms with Crippen molar-refractivity contribution in [2.24, 2.45) is 0 Å². The van der Waals surface area contributed by atoms with Gasteiger partial charge in [-0.3, -0.25) is 0 Å². The van der Waals surface area contributed by atoms with Crippen LogP contribution in [0.25, 0.3) is 11.0 Å². The summed E-state index contributed by atoms with van der Waals surface area (Å²) < 4.78 is 5.69. The van der Waals surface area contributed by atoms with Crippen molar-refractivity contribution in [2.75, 3.05) is 26.2 Å². The Hall–Kier alpha value is -1.48. The van der Waals surface area contributed by atoms with Crippen LogP contribution in [0.5, 0.6) is 5.75 Å². The number of ether oxygens (including phenoxy) is 1. The smallest absolute Gasteiger partial charge is 1.00 e. The summed E-state index contributed by atoms with van der Waals surface area (Å²) in [6, 6.07) is 3.39. The van der Waals surface area contributed by atoms with Gasteiger partial charge in [0.1, 0.15) is 17.1 Å². The minimum Gasteiger partial charge on any atom is -1.00 e. The van der Waals surface area contributed by atoms with Crippen LogP contribution in [0.4, 0.5) is 0 Å². The van der Waals surface area contributed by atoms with Gasteiger partial charge in [0.15, 0.2) is 0 Å². The predicted molar refractivity (Wildman–Crippen MR) is 80.0 cm³/mol. The second-order valence-electron chi connectivity index (χ2n) is 5.35. The number of aromatic carboxylic acids is 1. The number of likely N-dealkylation sites (tertiary alicyclic amines) is 1. The topological polar surface area (TPSA) is 78.5 Å². The van der Waals surface area contributed by atoms with Gasteiger partial charge in [0.2, 0.25) is 0 Å². The van der Waals surface area contributed by atoms with E-state index < -0.39 is 5.97 Å². The van der Waals surface area contributed by atoms with Gasteiger partial charge in [-0.05, 0) is 44.5 Å². The van der Waals surface area contributed by atoms with Crippen LogP contribution in [0.2, 0.25) is 0 Å². The van der Waals surface area contributed by atoms with Crippen molar-refractivity contribution in [1.29, 1.82) is 0 Å². The van der Waals surface area contributed by atoms with Crippen LogP contribution in [-0.2, 0) is 0 Å². The van der Waals surface area contributed by atoms with Crippen LogP contribution in [0, 0.1) is 0 Å². The number of carboxylic acid groups (broad SMARTS) is 1. The largest absolute Gasteiger partial charge is 1.00 e. The summed E-state index contributed by atoms with van der Waals surface area (Å²) in [5.74, 6) is -0.305. The first-order chi connectivity index (χ1) is 10.2. The Balaban J connectivity index is 0.00000132. The van der Waals surface area contributed by atoms with Gasteiger partial charge in [-0.15, -0.1) is 0 Å². The number of H-pyrrole nitrogens is 1. The Morgan fingerprint density at radius 2 is 2.18 bits per heavy atom. The number of pyridine rings is 1. The molecule has 2 aromatic rings. The molecule has 0 radical (unpaired) electrons. The Labute approximate surface area is 142 Å². The Bertz CT molecular complexity index is 644. The van der Waals surface area contributed by atoms with E-state index in [4.69, 9.17) is 9.84 Å². The zero-order valence-electron chi connectivity index (χ0n) is 13.8. The molecule has 7 heteroatoms. The third-order valence-corrected chi connectivity index (χ3v) is 3.76. The van der Waals surface area contributed by atoms with Crippen molar-refractivity contribution in [2.45, 2.75) is 19.3 Å².